The van der Waals surface area contributed by atoms with Crippen LogP contribution in [0.15, 0.2) is 54.6 Å². The number of rotatable bonds is 7. The Morgan fingerprint density at radius 3 is 2.17 bits per heavy atom. The number of anilines is 1. The minimum Gasteiger partial charge on any atom is -0.424 e. The van der Waals surface area contributed by atoms with Gasteiger partial charge in [0.25, 0.3) is 0 Å². The van der Waals surface area contributed by atoms with Crippen LogP contribution in [0.3, 0.4) is 0 Å². The highest BCUT2D eigenvalue weighted by molar-refractivity contribution is 5.99. The van der Waals surface area contributed by atoms with E-state index in [2.05, 4.69) is 15.3 Å². The van der Waals surface area contributed by atoms with Crippen molar-refractivity contribution >= 4 is 17.4 Å². The number of halogens is 1. The summed E-state index contributed by atoms with van der Waals surface area (Å²) in [6.45, 7) is 3.72. The van der Waals surface area contributed by atoms with Crippen molar-refractivity contribution in [3.8, 4) is 11.8 Å². The second-order valence-electron chi connectivity index (χ2n) is 6.54. The summed E-state index contributed by atoms with van der Waals surface area (Å²) in [5, 5.41) is 2.73. The van der Waals surface area contributed by atoms with Gasteiger partial charge in [-0.05, 0) is 68.4 Å². The molecule has 0 saturated heterocycles. The molecule has 3 aromatic rings. The second-order valence-corrected chi connectivity index (χ2v) is 6.54. The number of carbonyl (C=O) groups excluding carboxylic acids is 2. The summed E-state index contributed by atoms with van der Waals surface area (Å²) < 4.78 is 18.5. The lowest BCUT2D eigenvalue weighted by molar-refractivity contribution is -0.116. The molecule has 1 amide bonds. The van der Waals surface area contributed by atoms with Gasteiger partial charge in [0.15, 0.2) is 5.78 Å². The first kappa shape index (κ1) is 20.1. The van der Waals surface area contributed by atoms with Gasteiger partial charge in [0, 0.05) is 35.5 Å². The largest absolute Gasteiger partial charge is 0.424 e. The molecule has 0 atom stereocenters. The van der Waals surface area contributed by atoms with Gasteiger partial charge in [-0.15, -0.1) is 0 Å². The molecular formula is C22H20FN3O3. The van der Waals surface area contributed by atoms with Gasteiger partial charge >= 0.3 is 6.01 Å². The number of benzene rings is 2. The van der Waals surface area contributed by atoms with E-state index in [0.717, 1.165) is 11.4 Å². The Kier molecular flexibility index (Phi) is 6.29. The van der Waals surface area contributed by atoms with Crippen molar-refractivity contribution in [2.45, 2.75) is 26.7 Å². The SMILES string of the molecule is Cc1cc(C)nc(Oc2ccc(NC(=O)CCC(=O)c3ccc(F)cc3)cc2)n1. The molecule has 6 nitrogen and oxygen atoms in total. The maximum Gasteiger partial charge on any atom is 0.322 e. The molecule has 0 unspecified atom stereocenters. The minimum absolute atomic E-state index is 0.0326. The average Bonchev–Trinajstić information content (AvgIpc) is 2.67. The smallest absolute Gasteiger partial charge is 0.322 e. The summed E-state index contributed by atoms with van der Waals surface area (Å²) in [5.74, 6) is -0.362. The van der Waals surface area contributed by atoms with E-state index < -0.39 is 5.82 Å². The lowest BCUT2D eigenvalue weighted by atomic mass is 10.1. The van der Waals surface area contributed by atoms with Crippen molar-refractivity contribution < 1.29 is 18.7 Å². The predicted molar refractivity (Wildman–Crippen MR) is 107 cm³/mol. The maximum atomic E-state index is 12.9. The second kappa shape index (κ2) is 9.05. The number of amides is 1. The zero-order valence-electron chi connectivity index (χ0n) is 16.1. The third kappa shape index (κ3) is 5.93. The average molecular weight is 393 g/mol. The number of hydrogen-bond acceptors (Lipinski definition) is 5. The maximum absolute atomic E-state index is 12.9. The molecule has 0 aliphatic heterocycles. The Hall–Kier alpha value is -3.61. The topological polar surface area (TPSA) is 81.2 Å². The van der Waals surface area contributed by atoms with Crippen molar-refractivity contribution in [1.82, 2.24) is 9.97 Å². The molecule has 1 aromatic heterocycles. The summed E-state index contributed by atoms with van der Waals surface area (Å²) in [5.41, 5.74) is 2.59. The summed E-state index contributed by atoms with van der Waals surface area (Å²) in [7, 11) is 0. The first-order valence-electron chi connectivity index (χ1n) is 9.08. The number of carbonyl (C=O) groups is 2. The number of ether oxygens (including phenoxy) is 1. The van der Waals surface area contributed by atoms with Crippen LogP contribution in [0.5, 0.6) is 11.8 Å². The molecule has 148 valence electrons. The molecular weight excluding hydrogens is 373 g/mol. The number of aromatic nitrogens is 2. The van der Waals surface area contributed by atoms with Crippen LogP contribution in [-0.4, -0.2) is 21.7 Å². The normalized spacial score (nSPS) is 10.4. The predicted octanol–water partition coefficient (Wildman–Crippen LogP) is 4.63. The monoisotopic (exact) mass is 393 g/mol. The molecule has 7 heteroatoms. The molecule has 2 aromatic carbocycles. The highest BCUT2D eigenvalue weighted by Gasteiger charge is 2.10. The number of nitrogens with zero attached hydrogens (tertiary/aromatic N) is 2. The molecule has 3 rings (SSSR count). The summed E-state index contributed by atoms with van der Waals surface area (Å²) in [6.07, 6.45) is 0.0770. The van der Waals surface area contributed by atoms with E-state index in [9.17, 15) is 14.0 Å². The van der Waals surface area contributed by atoms with E-state index in [4.69, 9.17) is 4.74 Å². The van der Waals surface area contributed by atoms with Crippen LogP contribution in [-0.2, 0) is 4.79 Å². The summed E-state index contributed by atoms with van der Waals surface area (Å²) >= 11 is 0. The Bertz CT molecular complexity index is 998. The highest BCUT2D eigenvalue weighted by atomic mass is 19.1. The molecule has 0 saturated carbocycles. The Morgan fingerprint density at radius 2 is 1.55 bits per heavy atom. The number of hydrogen-bond donors (Lipinski definition) is 1. The fraction of sp³-hybridized carbons (Fsp3) is 0.182. The van der Waals surface area contributed by atoms with Crippen LogP contribution in [0.4, 0.5) is 10.1 Å². The fourth-order valence-corrected chi connectivity index (χ4v) is 2.68. The molecule has 0 aliphatic rings. The van der Waals surface area contributed by atoms with Crippen molar-refractivity contribution in [2.75, 3.05) is 5.32 Å². The third-order valence-corrected chi connectivity index (χ3v) is 4.05. The zero-order chi connectivity index (χ0) is 20.8. The first-order valence-corrected chi connectivity index (χ1v) is 9.08. The van der Waals surface area contributed by atoms with Gasteiger partial charge < -0.3 is 10.1 Å². The van der Waals surface area contributed by atoms with E-state index in [-0.39, 0.29) is 30.5 Å². The number of aryl methyl sites for hydroxylation is 2. The lowest BCUT2D eigenvalue weighted by Crippen LogP contribution is -2.13. The molecule has 0 fully saturated rings. The van der Waals surface area contributed by atoms with E-state index in [1.165, 1.54) is 24.3 Å². The highest BCUT2D eigenvalue weighted by Crippen LogP contribution is 2.21. The van der Waals surface area contributed by atoms with E-state index in [1.54, 1.807) is 24.3 Å². The van der Waals surface area contributed by atoms with Gasteiger partial charge in [-0.3, -0.25) is 9.59 Å². The molecule has 29 heavy (non-hydrogen) atoms. The van der Waals surface area contributed by atoms with Crippen molar-refractivity contribution in [2.24, 2.45) is 0 Å². The third-order valence-electron chi connectivity index (χ3n) is 4.05. The standard InChI is InChI=1S/C22H20FN3O3/c1-14-13-15(2)25-22(24-14)29-19-9-7-18(8-10-19)26-21(28)12-11-20(27)16-3-5-17(23)6-4-16/h3-10,13H,11-12H2,1-2H3,(H,26,28). The van der Waals surface area contributed by atoms with Crippen LogP contribution < -0.4 is 10.1 Å². The van der Waals surface area contributed by atoms with Crippen molar-refractivity contribution in [3.05, 3.63) is 77.4 Å². The van der Waals surface area contributed by atoms with E-state index >= 15 is 0 Å². The number of ketones is 1. The molecule has 0 radical (unpaired) electrons. The summed E-state index contributed by atoms with van der Waals surface area (Å²) in [4.78, 5) is 32.6. The van der Waals surface area contributed by atoms with Crippen LogP contribution in [0, 0.1) is 19.7 Å². The Labute approximate surface area is 167 Å². The number of Topliss-reactive ketones (excluding diaryl/α,β-unsaturated/α-hetero) is 1. The van der Waals surface area contributed by atoms with Crippen LogP contribution in [0.1, 0.15) is 34.6 Å². The zero-order valence-corrected chi connectivity index (χ0v) is 16.1. The van der Waals surface area contributed by atoms with Crippen molar-refractivity contribution in [1.29, 1.82) is 0 Å². The van der Waals surface area contributed by atoms with Gasteiger partial charge in [0.1, 0.15) is 11.6 Å². The van der Waals surface area contributed by atoms with Gasteiger partial charge in [-0.2, -0.15) is 0 Å². The Balaban J connectivity index is 1.51. The van der Waals surface area contributed by atoms with Crippen LogP contribution in [0.25, 0.3) is 0 Å². The van der Waals surface area contributed by atoms with Crippen LogP contribution in [0.2, 0.25) is 0 Å². The number of nitrogens with one attached hydrogen (secondary N) is 1. The Morgan fingerprint density at radius 1 is 0.931 bits per heavy atom. The quantitative estimate of drug-likeness (QED) is 0.592. The van der Waals surface area contributed by atoms with Crippen molar-refractivity contribution in [3.63, 3.8) is 0 Å². The van der Waals surface area contributed by atoms with Gasteiger partial charge in [-0.1, -0.05) is 0 Å². The fourth-order valence-electron chi connectivity index (χ4n) is 2.68. The molecule has 1 heterocycles. The van der Waals surface area contributed by atoms with Gasteiger partial charge in [0.2, 0.25) is 5.91 Å². The van der Waals surface area contributed by atoms with Gasteiger partial charge in [-0.25, -0.2) is 14.4 Å². The summed E-state index contributed by atoms with van der Waals surface area (Å²) in [6, 6.07) is 14.2. The molecule has 1 N–H and O–H groups in total. The van der Waals surface area contributed by atoms with E-state index in [0.29, 0.717) is 17.0 Å². The first-order chi connectivity index (χ1) is 13.9. The van der Waals surface area contributed by atoms with Gasteiger partial charge in [0.05, 0.1) is 0 Å². The van der Waals surface area contributed by atoms with E-state index in [1.807, 2.05) is 19.9 Å². The van der Waals surface area contributed by atoms with Crippen LogP contribution >= 0.6 is 0 Å². The molecule has 0 spiro atoms. The minimum atomic E-state index is -0.407. The molecule has 0 bridgehead atoms. The lowest BCUT2D eigenvalue weighted by Gasteiger charge is -2.08. The molecule has 0 aliphatic carbocycles.